The minimum Gasteiger partial charge on any atom is -0.508 e. The molecule has 1 aromatic heterocycles. The summed E-state index contributed by atoms with van der Waals surface area (Å²) in [5.41, 5.74) is 8.79. The van der Waals surface area contributed by atoms with Gasteiger partial charge in [-0.15, -0.1) is 11.3 Å². The van der Waals surface area contributed by atoms with Gasteiger partial charge in [-0.05, 0) is 128 Å². The van der Waals surface area contributed by atoms with E-state index in [0.717, 1.165) is 77.1 Å². The number of phenols is 3. The summed E-state index contributed by atoms with van der Waals surface area (Å²) in [6.45, 7) is 6.70. The van der Waals surface area contributed by atoms with Gasteiger partial charge in [-0.25, -0.2) is 9.78 Å². The number of nitrogens with two attached hydrogens (primary N) is 2. The highest BCUT2D eigenvalue weighted by Crippen LogP contribution is 2.50. The third kappa shape index (κ3) is 17.5. The number of nitrogens with one attached hydrogen (secondary N) is 7. The van der Waals surface area contributed by atoms with Gasteiger partial charge in [-0.2, -0.15) is 0 Å². The van der Waals surface area contributed by atoms with Crippen molar-refractivity contribution in [2.24, 2.45) is 17.4 Å². The Hall–Kier alpha value is -9.41. The largest absolute Gasteiger partial charge is 0.508 e. The summed E-state index contributed by atoms with van der Waals surface area (Å²) in [6.07, 6.45) is -18.0. The summed E-state index contributed by atoms with van der Waals surface area (Å²) in [5.74, 6) is -16.0. The van der Waals surface area contributed by atoms with E-state index in [0.29, 0.717) is 14.9 Å². The van der Waals surface area contributed by atoms with Crippen LogP contribution >= 0.6 is 57.9 Å². The van der Waals surface area contributed by atoms with E-state index in [1.54, 1.807) is 18.2 Å². The average Bonchev–Trinajstić information content (AvgIpc) is 1.27. The van der Waals surface area contributed by atoms with Crippen molar-refractivity contribution in [1.82, 2.24) is 42.2 Å². The number of phenolic OH excluding ortho intramolecular Hbond substituents is 3. The Morgan fingerprint density at radius 1 is 0.730 bits per heavy atom. The molecule has 111 heavy (non-hydrogen) atoms. The predicted octanol–water partition coefficient (Wildman–Crippen LogP) is 4.17. The van der Waals surface area contributed by atoms with Gasteiger partial charge in [0, 0.05) is 45.5 Å². The lowest BCUT2D eigenvalue weighted by molar-refractivity contribution is -0.329. The zero-order valence-electron chi connectivity index (χ0n) is 59.3. The molecule has 20 N–H and O–H groups in total. The first-order valence-corrected chi connectivity index (χ1v) is 37.5. The lowest BCUT2D eigenvalue weighted by Crippen LogP contribution is -2.64. The summed E-state index contributed by atoms with van der Waals surface area (Å²) in [4.78, 5) is 123. The van der Waals surface area contributed by atoms with Crippen LogP contribution in [0.2, 0.25) is 15.1 Å². The van der Waals surface area contributed by atoms with E-state index in [1.165, 1.54) is 50.4 Å². The summed E-state index contributed by atoms with van der Waals surface area (Å²) in [7, 11) is 1.48. The number of thiazole rings is 1. The van der Waals surface area contributed by atoms with Crippen LogP contribution in [0.3, 0.4) is 0 Å². The smallest absolute Gasteiger partial charge is 0.330 e. The molecule has 590 valence electrons. The fourth-order valence-electron chi connectivity index (χ4n) is 13.6. The summed E-state index contributed by atoms with van der Waals surface area (Å²) in [6, 6.07) is 4.70. The number of hydrogen-bond acceptors (Lipinski definition) is 27. The number of aromatic nitrogens is 1. The molecule has 0 saturated carbocycles. The average molecular weight is 1630 g/mol. The Balaban J connectivity index is 1.09. The van der Waals surface area contributed by atoms with E-state index in [2.05, 4.69) is 42.2 Å². The van der Waals surface area contributed by atoms with Crippen molar-refractivity contribution < 1.29 is 113 Å². The molecule has 18 atom stereocenters. The number of carboxylic acids is 1. The number of aliphatic hydroxyl groups excluding tert-OH is 5. The summed E-state index contributed by atoms with van der Waals surface area (Å²) in [5, 5.41) is 123. The van der Waals surface area contributed by atoms with Gasteiger partial charge in [-0.1, -0.05) is 78.6 Å². The molecule has 8 heterocycles. The molecule has 2 saturated heterocycles. The number of carbonyl (C=O) groups is 8. The number of nitrogens with zero attached hydrogens (tertiary/aromatic N) is 1. The van der Waals surface area contributed by atoms with Gasteiger partial charge in [-0.3, -0.25) is 33.6 Å². The number of aromatic hydroxyl groups is 3. The fourth-order valence-corrected chi connectivity index (χ4v) is 16.3. The number of fused-ring (bicyclic) bond motifs is 16. The van der Waals surface area contributed by atoms with Crippen molar-refractivity contribution >= 4 is 115 Å². The lowest BCUT2D eigenvalue weighted by atomic mass is 9.86. The second kappa shape index (κ2) is 33.1. The van der Waals surface area contributed by atoms with Crippen molar-refractivity contribution in [3.05, 3.63) is 140 Å². The normalized spacial score (nSPS) is 27.9. The molecule has 11 bridgehead atoms. The van der Waals surface area contributed by atoms with Gasteiger partial charge < -0.3 is 123 Å². The number of halogens is 3. The number of rotatable bonds is 15. The Labute approximate surface area is 654 Å². The van der Waals surface area contributed by atoms with E-state index in [-0.39, 0.29) is 57.7 Å². The second-order valence-electron chi connectivity index (χ2n) is 27.9. The molecule has 7 aromatic rings. The number of carboxylic acid groups (broad SMARTS) is 1. The molecule has 38 heteroatoms. The van der Waals surface area contributed by atoms with E-state index in [9.17, 15) is 69.9 Å². The standard InChI is InChI=1S/C73H77Cl3N10O23S2/c1-26(2)14-39(79-5)64(96)85-55-57(91)29-7-11-43(36(75)16-29)105-45-18-31-19-46(61(45)109-71-62(108-50-24-73(4,78)63(95)27(3)104-50)60(94)59(93)47(107-71)25-110-72-81-38-20-32(74)9-13-48(38)111-72)106-44-12-8-30(17-37(44)76)58(92)56-69(101)84-54(70(102)103)35-21-33(87)22-42(89)51(35)34-15-28(6-10-41(34)88)52(66(98)86-56)83-67(99)53(31)82-65(97)40(23-49(77)90)80-68(55)100/h6-13,15-22,26-27,39-40,47,50,52-60,62-63,71,79,87-89,91-95H,14,23-25,78H2,1-5H3,(H2,77,90)(H,80,100)(H,82,97)(H,83,99)(H,84,101)(H,85,96)(H,86,98)(H,102,103)/t27?,39-,40-,47?,50?,52?,53?,54+,55+,56-,57+,58+,59?,60?,62?,63?,71?,73?/m0/s1. The predicted molar refractivity (Wildman–Crippen MR) is 398 cm³/mol. The van der Waals surface area contributed by atoms with Gasteiger partial charge in [0.15, 0.2) is 34.3 Å². The SMILES string of the molecule is CN[C@@H](CC(C)C)C(=O)N[C@H]1C(=O)N[C@@H](CC(N)=O)C(=O)NC2C(=O)NC3C(=O)N[C@H](C(=O)N[C@@H](C(=O)O)c4cc(O)cc(O)c4-c4cc3ccc4O)[C@H](O)c3ccc(c(Cl)c3)Oc3cc2cc(c3OC2OC(CSc3nc4cc(Cl)ccc4s3)C(O)C(O)C2OC2CC(C)(N)C(O)C(C)O2)Oc2ccc(cc2Cl)[C@H]1O. The Morgan fingerprint density at radius 3 is 2.00 bits per heavy atom. The van der Waals surface area contributed by atoms with Crippen LogP contribution in [-0.4, -0.2) is 190 Å². The quantitative estimate of drug-likeness (QED) is 0.0640. The van der Waals surface area contributed by atoms with Crippen molar-refractivity contribution in [2.75, 3.05) is 12.8 Å². The van der Waals surface area contributed by atoms with Gasteiger partial charge in [0.2, 0.25) is 53.4 Å². The van der Waals surface area contributed by atoms with E-state index in [1.807, 2.05) is 13.8 Å². The minimum absolute atomic E-state index is 0.102. The molecule has 0 radical (unpaired) electrons. The minimum atomic E-state index is -2.35. The van der Waals surface area contributed by atoms with Crippen LogP contribution in [0, 0.1) is 5.92 Å². The first kappa shape index (κ1) is 81.1. The number of primary amides is 1. The topological polar surface area (TPSA) is 523 Å². The molecule has 6 aromatic carbocycles. The fraction of sp³-hybridized carbons (Fsp3) is 0.384. The maximum atomic E-state index is 16.2. The number of amides is 7. The van der Waals surface area contributed by atoms with Gasteiger partial charge in [0.1, 0.15) is 83.4 Å². The summed E-state index contributed by atoms with van der Waals surface area (Å²) < 4.78 is 41.0. The number of thioether (sulfide) groups is 1. The second-order valence-corrected chi connectivity index (χ2v) is 31.5. The number of hydrogen-bond donors (Lipinski definition) is 18. The molecule has 0 spiro atoms. The van der Waals surface area contributed by atoms with Crippen molar-refractivity contribution in [3.8, 4) is 57.1 Å². The van der Waals surface area contributed by atoms with Crippen LogP contribution in [0.4, 0.5) is 0 Å². The highest BCUT2D eigenvalue weighted by molar-refractivity contribution is 8.01. The number of carbonyl (C=O) groups excluding carboxylic acids is 7. The number of benzene rings is 6. The first-order valence-electron chi connectivity index (χ1n) is 34.6. The van der Waals surface area contributed by atoms with Gasteiger partial charge in [0.25, 0.3) is 0 Å². The van der Waals surface area contributed by atoms with Crippen LogP contribution in [-0.2, 0) is 52.6 Å². The van der Waals surface area contributed by atoms with Crippen molar-refractivity contribution in [2.45, 2.75) is 161 Å². The lowest BCUT2D eigenvalue weighted by Gasteiger charge is -2.47. The van der Waals surface area contributed by atoms with Gasteiger partial charge in [0.05, 0.1) is 51.0 Å². The van der Waals surface area contributed by atoms with E-state index in [4.69, 9.17) is 74.7 Å². The van der Waals surface area contributed by atoms with E-state index < -0.39 is 225 Å². The van der Waals surface area contributed by atoms with Crippen LogP contribution < -0.4 is 62.9 Å². The monoisotopic (exact) mass is 1630 g/mol. The molecule has 14 rings (SSSR count). The molecule has 11 unspecified atom stereocenters. The zero-order chi connectivity index (χ0) is 80.1. The molecule has 33 nitrogen and oxygen atoms in total. The Bertz CT molecular complexity index is 4830. The van der Waals surface area contributed by atoms with Crippen LogP contribution in [0.15, 0.2) is 101 Å². The third-order valence-electron chi connectivity index (χ3n) is 19.3. The molecule has 7 aliphatic rings. The number of aliphatic hydroxyl groups is 5. The first-order chi connectivity index (χ1) is 52.5. The zero-order valence-corrected chi connectivity index (χ0v) is 63.2. The van der Waals surface area contributed by atoms with Crippen LogP contribution in [0.5, 0.6) is 46.0 Å². The van der Waals surface area contributed by atoms with Crippen molar-refractivity contribution in [3.63, 3.8) is 0 Å². The van der Waals surface area contributed by atoms with E-state index >= 15 is 14.4 Å². The highest BCUT2D eigenvalue weighted by Gasteiger charge is 2.52. The van der Waals surface area contributed by atoms with Gasteiger partial charge >= 0.3 is 5.97 Å². The number of likely N-dealkylation sites (N-methyl/N-ethyl adjacent to an activating group) is 1. The molecule has 2 fully saturated rings. The highest BCUT2D eigenvalue weighted by atomic mass is 35.5. The van der Waals surface area contributed by atoms with Crippen molar-refractivity contribution in [1.29, 1.82) is 0 Å². The maximum absolute atomic E-state index is 16.2. The molecule has 7 aliphatic heterocycles. The Morgan fingerprint density at radius 2 is 1.37 bits per heavy atom. The molecule has 0 aliphatic carbocycles. The molecule has 7 amide bonds. The molecular weight excluding hydrogens is 1560 g/mol. The summed E-state index contributed by atoms with van der Waals surface area (Å²) >= 11 is 23.1. The maximum Gasteiger partial charge on any atom is 0.330 e. The number of ether oxygens (including phenoxy) is 6. The third-order valence-corrected chi connectivity index (χ3v) is 22.4. The number of aliphatic carboxylic acids is 1. The van der Waals surface area contributed by atoms with Crippen LogP contribution in [0.1, 0.15) is 105 Å². The Kier molecular flexibility index (Phi) is 24.2. The van der Waals surface area contributed by atoms with Crippen LogP contribution in [0.25, 0.3) is 21.3 Å². The molecular formula is C73H77Cl3N10O23S2.